The monoisotopic (exact) mass is 283 g/mol. The van der Waals surface area contributed by atoms with Gasteiger partial charge < -0.3 is 5.32 Å². The van der Waals surface area contributed by atoms with Crippen LogP contribution in [0.3, 0.4) is 0 Å². The lowest BCUT2D eigenvalue weighted by atomic mass is 10.1. The van der Waals surface area contributed by atoms with E-state index < -0.39 is 11.7 Å². The molecule has 5 heteroatoms. The molecular formula is C15H13F4N. The number of benzene rings is 2. The normalized spacial score (nSPS) is 11.4. The van der Waals surface area contributed by atoms with E-state index >= 15 is 0 Å². The van der Waals surface area contributed by atoms with Gasteiger partial charge in [-0.05, 0) is 30.7 Å². The highest BCUT2D eigenvalue weighted by molar-refractivity contribution is 5.49. The van der Waals surface area contributed by atoms with Crippen LogP contribution in [0.25, 0.3) is 0 Å². The number of nitrogens with one attached hydrogen (secondary N) is 1. The van der Waals surface area contributed by atoms with Gasteiger partial charge in [-0.1, -0.05) is 24.3 Å². The van der Waals surface area contributed by atoms with Crippen LogP contribution in [0.15, 0.2) is 42.5 Å². The Labute approximate surface area is 114 Å². The Morgan fingerprint density at radius 3 is 2.40 bits per heavy atom. The topological polar surface area (TPSA) is 12.0 Å². The Morgan fingerprint density at radius 2 is 1.75 bits per heavy atom. The number of rotatable bonds is 3. The van der Waals surface area contributed by atoms with E-state index in [0.29, 0.717) is 11.3 Å². The zero-order valence-electron chi connectivity index (χ0n) is 10.8. The van der Waals surface area contributed by atoms with Gasteiger partial charge in [-0.15, -0.1) is 0 Å². The zero-order valence-corrected chi connectivity index (χ0v) is 10.8. The predicted molar refractivity (Wildman–Crippen MR) is 69.9 cm³/mol. The van der Waals surface area contributed by atoms with E-state index in [-0.39, 0.29) is 17.9 Å². The molecular weight excluding hydrogens is 270 g/mol. The highest BCUT2D eigenvalue weighted by Gasteiger charge is 2.32. The smallest absolute Gasteiger partial charge is 0.381 e. The van der Waals surface area contributed by atoms with Gasteiger partial charge in [-0.2, -0.15) is 13.2 Å². The van der Waals surface area contributed by atoms with E-state index in [9.17, 15) is 17.6 Å². The van der Waals surface area contributed by atoms with Crippen molar-refractivity contribution < 1.29 is 17.6 Å². The van der Waals surface area contributed by atoms with Crippen molar-refractivity contribution in [2.45, 2.75) is 19.6 Å². The number of hydrogen-bond acceptors (Lipinski definition) is 1. The van der Waals surface area contributed by atoms with Gasteiger partial charge in [0.25, 0.3) is 0 Å². The number of anilines is 1. The molecule has 0 atom stereocenters. The highest BCUT2D eigenvalue weighted by atomic mass is 19.4. The summed E-state index contributed by atoms with van der Waals surface area (Å²) in [5.41, 5.74) is 0.192. The van der Waals surface area contributed by atoms with Crippen molar-refractivity contribution in [1.82, 2.24) is 0 Å². The van der Waals surface area contributed by atoms with Crippen LogP contribution in [-0.2, 0) is 12.7 Å². The summed E-state index contributed by atoms with van der Waals surface area (Å²) in [4.78, 5) is 0. The first-order valence-electron chi connectivity index (χ1n) is 6.03. The SMILES string of the molecule is Cc1ccc(NCc2ccccc2F)cc1C(F)(F)F. The summed E-state index contributed by atoms with van der Waals surface area (Å²) >= 11 is 0. The largest absolute Gasteiger partial charge is 0.416 e. The summed E-state index contributed by atoms with van der Waals surface area (Å²) in [5, 5.41) is 2.80. The van der Waals surface area contributed by atoms with Gasteiger partial charge >= 0.3 is 6.18 Å². The Bertz CT molecular complexity index is 605. The number of alkyl halides is 3. The molecule has 1 N–H and O–H groups in total. The molecule has 0 unspecified atom stereocenters. The van der Waals surface area contributed by atoms with Gasteiger partial charge in [0.1, 0.15) is 5.82 Å². The first kappa shape index (κ1) is 14.4. The van der Waals surface area contributed by atoms with Crippen molar-refractivity contribution in [3.05, 3.63) is 65.0 Å². The molecule has 2 rings (SSSR count). The van der Waals surface area contributed by atoms with Crippen molar-refractivity contribution >= 4 is 5.69 Å². The molecule has 2 aromatic rings. The molecule has 0 aliphatic carbocycles. The molecule has 0 saturated carbocycles. The number of halogens is 4. The molecule has 0 aromatic heterocycles. The average Bonchev–Trinajstić information content (AvgIpc) is 2.38. The van der Waals surface area contributed by atoms with Crippen molar-refractivity contribution in [2.24, 2.45) is 0 Å². The lowest BCUT2D eigenvalue weighted by molar-refractivity contribution is -0.138. The van der Waals surface area contributed by atoms with Crippen LogP contribution in [0.4, 0.5) is 23.2 Å². The Balaban J connectivity index is 2.17. The second kappa shape index (κ2) is 5.53. The lowest BCUT2D eigenvalue weighted by Crippen LogP contribution is -2.09. The van der Waals surface area contributed by atoms with Crippen molar-refractivity contribution in [1.29, 1.82) is 0 Å². The third-order valence-corrected chi connectivity index (χ3v) is 2.98. The lowest BCUT2D eigenvalue weighted by Gasteiger charge is -2.13. The van der Waals surface area contributed by atoms with Gasteiger partial charge in [0.05, 0.1) is 5.56 Å². The van der Waals surface area contributed by atoms with Crippen LogP contribution >= 0.6 is 0 Å². The van der Waals surface area contributed by atoms with Crippen LogP contribution in [0.5, 0.6) is 0 Å². The maximum atomic E-state index is 13.4. The fraction of sp³-hybridized carbons (Fsp3) is 0.200. The van der Waals surface area contributed by atoms with Crippen LogP contribution in [0, 0.1) is 12.7 Å². The van der Waals surface area contributed by atoms with Crippen molar-refractivity contribution in [2.75, 3.05) is 5.32 Å². The highest BCUT2D eigenvalue weighted by Crippen LogP contribution is 2.33. The van der Waals surface area contributed by atoms with Crippen molar-refractivity contribution in [3.8, 4) is 0 Å². The van der Waals surface area contributed by atoms with Crippen LogP contribution < -0.4 is 5.32 Å². The molecule has 0 aliphatic rings. The van der Waals surface area contributed by atoms with E-state index in [1.165, 1.54) is 19.1 Å². The molecule has 0 radical (unpaired) electrons. The number of hydrogen-bond donors (Lipinski definition) is 1. The van der Waals surface area contributed by atoms with E-state index in [0.717, 1.165) is 6.07 Å². The minimum absolute atomic E-state index is 0.132. The fourth-order valence-corrected chi connectivity index (χ4v) is 1.88. The second-order valence-corrected chi connectivity index (χ2v) is 4.47. The van der Waals surface area contributed by atoms with Gasteiger partial charge in [-0.3, -0.25) is 0 Å². The maximum Gasteiger partial charge on any atom is 0.416 e. The summed E-state index contributed by atoms with van der Waals surface area (Å²) < 4.78 is 51.7. The summed E-state index contributed by atoms with van der Waals surface area (Å²) in [6, 6.07) is 10.1. The molecule has 20 heavy (non-hydrogen) atoms. The minimum Gasteiger partial charge on any atom is -0.381 e. The molecule has 0 bridgehead atoms. The van der Waals surface area contributed by atoms with Gasteiger partial charge in [0.15, 0.2) is 0 Å². The van der Waals surface area contributed by atoms with Crippen molar-refractivity contribution in [3.63, 3.8) is 0 Å². The molecule has 0 amide bonds. The summed E-state index contributed by atoms with van der Waals surface area (Å²) in [6.07, 6.45) is -4.39. The molecule has 106 valence electrons. The predicted octanol–water partition coefficient (Wildman–Crippen LogP) is 4.77. The third-order valence-electron chi connectivity index (χ3n) is 2.98. The van der Waals surface area contributed by atoms with E-state index in [4.69, 9.17) is 0 Å². The third kappa shape index (κ3) is 3.29. The van der Waals surface area contributed by atoms with E-state index in [1.54, 1.807) is 24.3 Å². The Hall–Kier alpha value is -2.04. The quantitative estimate of drug-likeness (QED) is 0.800. The molecule has 0 heterocycles. The molecule has 0 spiro atoms. The van der Waals surface area contributed by atoms with Crippen LogP contribution in [0.2, 0.25) is 0 Å². The average molecular weight is 283 g/mol. The molecule has 2 aromatic carbocycles. The van der Waals surface area contributed by atoms with E-state index in [2.05, 4.69) is 5.32 Å². The first-order chi connectivity index (χ1) is 9.38. The number of aryl methyl sites for hydroxylation is 1. The fourth-order valence-electron chi connectivity index (χ4n) is 1.88. The molecule has 0 saturated heterocycles. The standard InChI is InChI=1S/C15H13F4N/c1-10-6-7-12(8-13(10)15(17,18)19)20-9-11-4-2-3-5-14(11)16/h2-8,20H,9H2,1H3. The zero-order chi connectivity index (χ0) is 14.8. The summed E-state index contributed by atoms with van der Waals surface area (Å²) in [6.45, 7) is 1.54. The second-order valence-electron chi connectivity index (χ2n) is 4.47. The maximum absolute atomic E-state index is 13.4. The summed E-state index contributed by atoms with van der Waals surface area (Å²) in [5.74, 6) is -0.386. The Morgan fingerprint density at radius 1 is 1.05 bits per heavy atom. The van der Waals surface area contributed by atoms with Gasteiger partial charge in [0, 0.05) is 17.8 Å². The van der Waals surface area contributed by atoms with Crippen LogP contribution in [0.1, 0.15) is 16.7 Å². The van der Waals surface area contributed by atoms with Gasteiger partial charge in [-0.25, -0.2) is 4.39 Å². The Kier molecular flexibility index (Phi) is 3.97. The van der Waals surface area contributed by atoms with Crippen LogP contribution in [-0.4, -0.2) is 0 Å². The minimum atomic E-state index is -4.39. The summed E-state index contributed by atoms with van der Waals surface area (Å²) in [7, 11) is 0. The molecule has 0 fully saturated rings. The molecule has 0 aliphatic heterocycles. The molecule has 1 nitrogen and oxygen atoms in total. The van der Waals surface area contributed by atoms with E-state index in [1.807, 2.05) is 0 Å². The first-order valence-corrected chi connectivity index (χ1v) is 6.03. The van der Waals surface area contributed by atoms with Gasteiger partial charge in [0.2, 0.25) is 0 Å².